The van der Waals surface area contributed by atoms with E-state index < -0.39 is 11.2 Å². The SMILES string of the molecule is COc1ccc(C=NNc2nc3c(c(=O)[nH]c(=O)n3C)n2C/C=C(/C)Cl)cc1. The molecule has 0 spiro atoms. The Labute approximate surface area is 164 Å². The largest absolute Gasteiger partial charge is 0.497 e. The van der Waals surface area contributed by atoms with Gasteiger partial charge in [-0.2, -0.15) is 10.1 Å². The molecule has 0 atom stereocenters. The van der Waals surface area contributed by atoms with Crippen molar-refractivity contribution >= 4 is 34.9 Å². The molecule has 0 radical (unpaired) electrons. The Morgan fingerprint density at radius 3 is 2.71 bits per heavy atom. The zero-order valence-corrected chi connectivity index (χ0v) is 16.3. The quantitative estimate of drug-likeness (QED) is 0.484. The fourth-order valence-electron chi connectivity index (χ4n) is 2.57. The van der Waals surface area contributed by atoms with E-state index in [4.69, 9.17) is 16.3 Å². The first-order valence-electron chi connectivity index (χ1n) is 8.35. The molecule has 2 aromatic heterocycles. The Balaban J connectivity index is 2.00. The zero-order valence-electron chi connectivity index (χ0n) is 15.6. The maximum absolute atomic E-state index is 12.3. The number of aromatic amines is 1. The molecule has 9 nitrogen and oxygen atoms in total. The number of imidazole rings is 1. The summed E-state index contributed by atoms with van der Waals surface area (Å²) in [6.45, 7) is 2.02. The minimum absolute atomic E-state index is 0.247. The van der Waals surface area contributed by atoms with Crippen LogP contribution in [0, 0.1) is 0 Å². The summed E-state index contributed by atoms with van der Waals surface area (Å²) in [5.41, 5.74) is 3.10. The van der Waals surface area contributed by atoms with Crippen molar-refractivity contribution in [3.63, 3.8) is 0 Å². The van der Waals surface area contributed by atoms with Crippen LogP contribution < -0.4 is 21.4 Å². The van der Waals surface area contributed by atoms with Crippen LogP contribution in [0.5, 0.6) is 5.75 Å². The Kier molecular flexibility index (Phi) is 5.65. The van der Waals surface area contributed by atoms with Crippen molar-refractivity contribution in [2.24, 2.45) is 12.1 Å². The van der Waals surface area contributed by atoms with E-state index in [1.807, 2.05) is 24.3 Å². The standard InChI is InChI=1S/C18H19ClN6O3/c1-11(19)8-9-25-14-15(24(2)18(27)22-16(14)26)21-17(25)23-20-10-12-4-6-13(28-3)7-5-12/h4-8,10H,9H2,1-3H3,(H,21,23)(H,22,26,27)/b11-8-,20-10?. The summed E-state index contributed by atoms with van der Waals surface area (Å²) in [6.07, 6.45) is 3.33. The van der Waals surface area contributed by atoms with E-state index in [1.54, 1.807) is 30.9 Å². The van der Waals surface area contributed by atoms with Crippen LogP contribution in [0.15, 0.2) is 50.1 Å². The van der Waals surface area contributed by atoms with Crippen molar-refractivity contribution in [1.29, 1.82) is 0 Å². The van der Waals surface area contributed by atoms with E-state index in [2.05, 4.69) is 20.5 Å². The molecule has 0 aliphatic heterocycles. The van der Waals surface area contributed by atoms with Gasteiger partial charge in [0, 0.05) is 18.6 Å². The number of aromatic nitrogens is 4. The molecule has 28 heavy (non-hydrogen) atoms. The normalized spacial score (nSPS) is 12.1. The molecule has 0 aliphatic carbocycles. The number of hydrogen-bond acceptors (Lipinski definition) is 6. The Morgan fingerprint density at radius 1 is 1.36 bits per heavy atom. The number of fused-ring (bicyclic) bond motifs is 1. The summed E-state index contributed by atoms with van der Waals surface area (Å²) >= 11 is 5.93. The average Bonchev–Trinajstić information content (AvgIpc) is 3.04. The van der Waals surface area contributed by atoms with Gasteiger partial charge in [0.2, 0.25) is 5.95 Å². The van der Waals surface area contributed by atoms with Gasteiger partial charge >= 0.3 is 5.69 Å². The molecule has 0 amide bonds. The number of hydrazone groups is 1. The Bertz CT molecular complexity index is 1170. The number of benzene rings is 1. The fraction of sp³-hybridized carbons (Fsp3) is 0.222. The molecule has 0 bridgehead atoms. The number of halogens is 1. The summed E-state index contributed by atoms with van der Waals surface area (Å²) in [5.74, 6) is 1.05. The van der Waals surface area contributed by atoms with Gasteiger partial charge in [-0.1, -0.05) is 17.7 Å². The lowest BCUT2D eigenvalue weighted by Gasteiger charge is -2.05. The predicted octanol–water partition coefficient (Wildman–Crippen LogP) is 2.02. The molecule has 10 heteroatoms. The molecule has 0 saturated carbocycles. The first-order valence-corrected chi connectivity index (χ1v) is 8.73. The lowest BCUT2D eigenvalue weighted by atomic mass is 10.2. The van der Waals surface area contributed by atoms with Gasteiger partial charge in [-0.05, 0) is 36.8 Å². The molecule has 0 aliphatic rings. The molecule has 0 unspecified atom stereocenters. The number of rotatable bonds is 6. The second kappa shape index (κ2) is 8.13. The van der Waals surface area contributed by atoms with Crippen molar-refractivity contribution in [2.75, 3.05) is 12.5 Å². The van der Waals surface area contributed by atoms with Gasteiger partial charge in [0.25, 0.3) is 5.56 Å². The molecule has 0 saturated heterocycles. The molecule has 1 aromatic carbocycles. The van der Waals surface area contributed by atoms with Gasteiger partial charge in [-0.3, -0.25) is 18.9 Å². The molecular weight excluding hydrogens is 384 g/mol. The maximum atomic E-state index is 12.3. The van der Waals surface area contributed by atoms with Crippen molar-refractivity contribution in [2.45, 2.75) is 13.5 Å². The molecule has 2 N–H and O–H groups in total. The number of aryl methyl sites for hydroxylation is 1. The van der Waals surface area contributed by atoms with Crippen molar-refractivity contribution in [1.82, 2.24) is 19.1 Å². The van der Waals surface area contributed by atoms with Crippen LogP contribution in [0.2, 0.25) is 0 Å². The van der Waals surface area contributed by atoms with E-state index in [1.165, 1.54) is 11.6 Å². The second-order valence-corrected chi connectivity index (χ2v) is 6.57. The highest BCUT2D eigenvalue weighted by Gasteiger charge is 2.16. The summed E-state index contributed by atoms with van der Waals surface area (Å²) in [5, 5.41) is 4.75. The van der Waals surface area contributed by atoms with Gasteiger partial charge in [-0.15, -0.1) is 0 Å². The number of ether oxygens (including phenoxy) is 1. The molecule has 3 rings (SSSR count). The summed E-state index contributed by atoms with van der Waals surface area (Å²) in [6, 6.07) is 7.34. The second-order valence-electron chi connectivity index (χ2n) is 5.97. The van der Waals surface area contributed by atoms with E-state index >= 15 is 0 Å². The van der Waals surface area contributed by atoms with Crippen LogP contribution in [0.1, 0.15) is 12.5 Å². The molecular formula is C18H19ClN6O3. The van der Waals surface area contributed by atoms with E-state index in [0.29, 0.717) is 11.0 Å². The molecule has 146 valence electrons. The first-order chi connectivity index (χ1) is 13.4. The predicted molar refractivity (Wildman–Crippen MR) is 109 cm³/mol. The third-order valence-electron chi connectivity index (χ3n) is 4.06. The van der Waals surface area contributed by atoms with Crippen LogP contribution >= 0.6 is 11.6 Å². The van der Waals surface area contributed by atoms with Gasteiger partial charge in [0.05, 0.1) is 13.3 Å². The lowest BCUT2D eigenvalue weighted by Crippen LogP contribution is -2.29. The Hall–Kier alpha value is -3.33. The van der Waals surface area contributed by atoms with E-state index in [9.17, 15) is 9.59 Å². The smallest absolute Gasteiger partial charge is 0.329 e. The van der Waals surface area contributed by atoms with Crippen molar-refractivity contribution < 1.29 is 4.74 Å². The van der Waals surface area contributed by atoms with Crippen LogP contribution in [0.4, 0.5) is 5.95 Å². The molecule has 2 heterocycles. The number of methoxy groups -OCH3 is 1. The topological polar surface area (TPSA) is 106 Å². The van der Waals surface area contributed by atoms with E-state index in [-0.39, 0.29) is 17.7 Å². The van der Waals surface area contributed by atoms with Gasteiger partial charge in [-0.25, -0.2) is 10.2 Å². The Morgan fingerprint density at radius 2 is 2.07 bits per heavy atom. The highest BCUT2D eigenvalue weighted by molar-refractivity contribution is 6.29. The number of nitrogens with one attached hydrogen (secondary N) is 2. The third kappa shape index (κ3) is 3.99. The van der Waals surface area contributed by atoms with Crippen LogP contribution in [-0.4, -0.2) is 32.4 Å². The van der Waals surface area contributed by atoms with Crippen LogP contribution in [0.25, 0.3) is 11.2 Å². The number of anilines is 1. The van der Waals surface area contributed by atoms with Crippen molar-refractivity contribution in [3.8, 4) is 5.75 Å². The summed E-state index contributed by atoms with van der Waals surface area (Å²) in [7, 11) is 3.13. The molecule has 0 fully saturated rings. The van der Waals surface area contributed by atoms with Crippen molar-refractivity contribution in [3.05, 3.63) is 61.8 Å². The highest BCUT2D eigenvalue weighted by Crippen LogP contribution is 2.16. The minimum Gasteiger partial charge on any atom is -0.497 e. The van der Waals surface area contributed by atoms with Crippen LogP contribution in [0.3, 0.4) is 0 Å². The lowest BCUT2D eigenvalue weighted by molar-refractivity contribution is 0.415. The number of hydrogen-bond donors (Lipinski definition) is 2. The number of allylic oxidation sites excluding steroid dienone is 2. The molecule has 3 aromatic rings. The van der Waals surface area contributed by atoms with Gasteiger partial charge < -0.3 is 4.74 Å². The van der Waals surface area contributed by atoms with Gasteiger partial charge in [0.1, 0.15) is 5.75 Å². The summed E-state index contributed by atoms with van der Waals surface area (Å²) in [4.78, 5) is 30.8. The average molecular weight is 403 g/mol. The number of H-pyrrole nitrogens is 1. The summed E-state index contributed by atoms with van der Waals surface area (Å²) < 4.78 is 7.99. The fourth-order valence-corrected chi connectivity index (χ4v) is 2.64. The number of nitrogens with zero attached hydrogens (tertiary/aromatic N) is 4. The first kappa shape index (κ1) is 19.4. The zero-order chi connectivity index (χ0) is 20.3. The van der Waals surface area contributed by atoms with Crippen LogP contribution in [-0.2, 0) is 13.6 Å². The third-order valence-corrected chi connectivity index (χ3v) is 4.21. The monoisotopic (exact) mass is 402 g/mol. The highest BCUT2D eigenvalue weighted by atomic mass is 35.5. The van der Waals surface area contributed by atoms with Gasteiger partial charge in [0.15, 0.2) is 11.2 Å². The minimum atomic E-state index is -0.542. The van der Waals surface area contributed by atoms with E-state index in [0.717, 1.165) is 11.3 Å². The maximum Gasteiger partial charge on any atom is 0.329 e.